The molecule has 0 aromatic heterocycles. The van der Waals surface area contributed by atoms with Crippen LogP contribution in [0.25, 0.3) is 0 Å². The van der Waals surface area contributed by atoms with Gasteiger partial charge in [-0.25, -0.2) is 0 Å². The van der Waals surface area contributed by atoms with Crippen LogP contribution < -0.4 is 14.2 Å². The topological polar surface area (TPSA) is 27.7 Å². The standard InChI is InChI=1S/C18H26O3/c1-6-11-14(7-2)15-12-13-16(19-8-3)18(21-10-5)17(15)20-9-4/h1,12-14H,7-11H2,2-5H3. The lowest BCUT2D eigenvalue weighted by Crippen LogP contribution is -2.07. The van der Waals surface area contributed by atoms with E-state index in [1.807, 2.05) is 32.9 Å². The molecule has 0 radical (unpaired) electrons. The number of hydrogen-bond donors (Lipinski definition) is 0. The molecule has 0 N–H and O–H groups in total. The SMILES string of the molecule is C#CCC(CC)c1ccc(OCC)c(OCC)c1OCC. The molecule has 0 aliphatic heterocycles. The van der Waals surface area contributed by atoms with Gasteiger partial charge in [0.1, 0.15) is 0 Å². The molecule has 1 atom stereocenters. The van der Waals surface area contributed by atoms with Crippen LogP contribution in [0.2, 0.25) is 0 Å². The van der Waals surface area contributed by atoms with E-state index in [4.69, 9.17) is 20.6 Å². The zero-order chi connectivity index (χ0) is 15.7. The number of ether oxygens (including phenoxy) is 3. The normalized spacial score (nSPS) is 11.6. The minimum Gasteiger partial charge on any atom is -0.490 e. The number of hydrogen-bond acceptors (Lipinski definition) is 3. The van der Waals surface area contributed by atoms with Crippen molar-refractivity contribution < 1.29 is 14.2 Å². The average Bonchev–Trinajstić information content (AvgIpc) is 2.49. The van der Waals surface area contributed by atoms with E-state index >= 15 is 0 Å². The Hall–Kier alpha value is -1.82. The van der Waals surface area contributed by atoms with Gasteiger partial charge in [-0.1, -0.05) is 13.0 Å². The van der Waals surface area contributed by atoms with Crippen molar-refractivity contribution in [1.82, 2.24) is 0 Å². The fourth-order valence-corrected chi connectivity index (χ4v) is 2.34. The summed E-state index contributed by atoms with van der Waals surface area (Å²) in [6.45, 7) is 9.74. The van der Waals surface area contributed by atoms with Crippen molar-refractivity contribution >= 4 is 0 Å². The lowest BCUT2D eigenvalue weighted by atomic mass is 9.92. The first-order valence-electron chi connectivity index (χ1n) is 7.71. The first-order valence-corrected chi connectivity index (χ1v) is 7.71. The number of terminal acetylenes is 1. The maximum absolute atomic E-state index is 5.86. The maximum Gasteiger partial charge on any atom is 0.203 e. The molecule has 0 bridgehead atoms. The van der Waals surface area contributed by atoms with E-state index in [0.29, 0.717) is 32.0 Å². The number of rotatable bonds is 9. The summed E-state index contributed by atoms with van der Waals surface area (Å²) in [7, 11) is 0. The van der Waals surface area contributed by atoms with Gasteiger partial charge in [0.15, 0.2) is 11.5 Å². The zero-order valence-electron chi connectivity index (χ0n) is 13.6. The predicted octanol–water partition coefficient (Wildman–Crippen LogP) is 4.40. The molecule has 0 aliphatic carbocycles. The summed E-state index contributed by atoms with van der Waals surface area (Å²) in [5.74, 6) is 5.20. The van der Waals surface area contributed by atoms with Gasteiger partial charge in [-0.05, 0) is 39.2 Å². The van der Waals surface area contributed by atoms with Crippen LogP contribution >= 0.6 is 0 Å². The second-order valence-corrected chi connectivity index (χ2v) is 4.62. The van der Waals surface area contributed by atoms with Crippen molar-refractivity contribution in [2.75, 3.05) is 19.8 Å². The summed E-state index contributed by atoms with van der Waals surface area (Å²) in [6, 6.07) is 4.00. The molecule has 0 amide bonds. The molecular weight excluding hydrogens is 264 g/mol. The minimum absolute atomic E-state index is 0.270. The second kappa shape index (κ2) is 9.18. The lowest BCUT2D eigenvalue weighted by Gasteiger charge is -2.22. The molecule has 0 aliphatic rings. The molecule has 0 spiro atoms. The number of benzene rings is 1. The van der Waals surface area contributed by atoms with Crippen LogP contribution in [0.4, 0.5) is 0 Å². The van der Waals surface area contributed by atoms with Gasteiger partial charge in [0.25, 0.3) is 0 Å². The summed E-state index contributed by atoms with van der Waals surface area (Å²) >= 11 is 0. The molecule has 21 heavy (non-hydrogen) atoms. The summed E-state index contributed by atoms with van der Waals surface area (Å²) in [5, 5.41) is 0. The van der Waals surface area contributed by atoms with E-state index in [-0.39, 0.29) is 5.92 Å². The van der Waals surface area contributed by atoms with Gasteiger partial charge < -0.3 is 14.2 Å². The Balaban J connectivity index is 3.36. The average molecular weight is 290 g/mol. The Kier molecular flexibility index (Phi) is 7.53. The van der Waals surface area contributed by atoms with Crippen LogP contribution in [0.15, 0.2) is 12.1 Å². The lowest BCUT2D eigenvalue weighted by molar-refractivity contribution is 0.258. The third-order valence-corrected chi connectivity index (χ3v) is 3.28. The predicted molar refractivity (Wildman–Crippen MR) is 86.4 cm³/mol. The fourth-order valence-electron chi connectivity index (χ4n) is 2.34. The van der Waals surface area contributed by atoms with Gasteiger partial charge in [-0.3, -0.25) is 0 Å². The molecule has 0 saturated carbocycles. The molecule has 3 heteroatoms. The van der Waals surface area contributed by atoms with E-state index in [1.165, 1.54) is 0 Å². The molecule has 1 aromatic rings. The summed E-state index contributed by atoms with van der Waals surface area (Å²) in [4.78, 5) is 0. The molecule has 1 aromatic carbocycles. The van der Waals surface area contributed by atoms with Crippen molar-refractivity contribution in [3.05, 3.63) is 17.7 Å². The van der Waals surface area contributed by atoms with Crippen molar-refractivity contribution in [2.45, 2.75) is 46.5 Å². The van der Waals surface area contributed by atoms with Gasteiger partial charge >= 0.3 is 0 Å². The highest BCUT2D eigenvalue weighted by atomic mass is 16.5. The van der Waals surface area contributed by atoms with Crippen LogP contribution in [0.5, 0.6) is 17.2 Å². The molecule has 1 rings (SSSR count). The Morgan fingerprint density at radius 1 is 0.952 bits per heavy atom. The Morgan fingerprint density at radius 3 is 2.10 bits per heavy atom. The summed E-state index contributed by atoms with van der Waals surface area (Å²) in [5.41, 5.74) is 1.10. The minimum atomic E-state index is 0.270. The van der Waals surface area contributed by atoms with E-state index in [9.17, 15) is 0 Å². The first-order chi connectivity index (χ1) is 10.2. The van der Waals surface area contributed by atoms with E-state index < -0.39 is 0 Å². The molecule has 3 nitrogen and oxygen atoms in total. The van der Waals surface area contributed by atoms with Crippen LogP contribution in [0, 0.1) is 12.3 Å². The highest BCUT2D eigenvalue weighted by Crippen LogP contribution is 2.44. The Morgan fingerprint density at radius 2 is 1.57 bits per heavy atom. The van der Waals surface area contributed by atoms with Crippen LogP contribution in [-0.4, -0.2) is 19.8 Å². The highest BCUT2D eigenvalue weighted by molar-refractivity contribution is 5.57. The zero-order valence-corrected chi connectivity index (χ0v) is 13.6. The smallest absolute Gasteiger partial charge is 0.203 e. The van der Waals surface area contributed by atoms with E-state index in [0.717, 1.165) is 23.5 Å². The molecule has 116 valence electrons. The van der Waals surface area contributed by atoms with Gasteiger partial charge in [0, 0.05) is 12.0 Å². The summed E-state index contributed by atoms with van der Waals surface area (Å²) in [6.07, 6.45) is 7.15. The van der Waals surface area contributed by atoms with Gasteiger partial charge in [-0.15, -0.1) is 12.3 Å². The van der Waals surface area contributed by atoms with Crippen molar-refractivity contribution in [2.24, 2.45) is 0 Å². The molecule has 0 saturated heterocycles. The van der Waals surface area contributed by atoms with E-state index in [2.05, 4.69) is 12.8 Å². The third kappa shape index (κ3) is 4.32. The summed E-state index contributed by atoms with van der Waals surface area (Å²) < 4.78 is 17.3. The maximum atomic E-state index is 5.86. The van der Waals surface area contributed by atoms with Crippen LogP contribution in [0.1, 0.15) is 52.0 Å². The molecular formula is C18H26O3. The van der Waals surface area contributed by atoms with Gasteiger partial charge in [0.2, 0.25) is 5.75 Å². The largest absolute Gasteiger partial charge is 0.490 e. The van der Waals surface area contributed by atoms with Gasteiger partial charge in [-0.2, -0.15) is 0 Å². The Labute approximate surface area is 128 Å². The van der Waals surface area contributed by atoms with Crippen LogP contribution in [-0.2, 0) is 0 Å². The first kappa shape index (κ1) is 17.2. The van der Waals surface area contributed by atoms with Crippen molar-refractivity contribution in [1.29, 1.82) is 0 Å². The highest BCUT2D eigenvalue weighted by Gasteiger charge is 2.21. The van der Waals surface area contributed by atoms with Crippen LogP contribution in [0.3, 0.4) is 0 Å². The van der Waals surface area contributed by atoms with Crippen molar-refractivity contribution in [3.8, 4) is 29.6 Å². The second-order valence-electron chi connectivity index (χ2n) is 4.62. The Bertz CT molecular complexity index is 474. The van der Waals surface area contributed by atoms with Crippen molar-refractivity contribution in [3.63, 3.8) is 0 Å². The monoisotopic (exact) mass is 290 g/mol. The van der Waals surface area contributed by atoms with E-state index in [1.54, 1.807) is 0 Å². The molecule has 0 heterocycles. The van der Waals surface area contributed by atoms with Gasteiger partial charge in [0.05, 0.1) is 19.8 Å². The third-order valence-electron chi connectivity index (χ3n) is 3.28. The fraction of sp³-hybridized carbons (Fsp3) is 0.556. The molecule has 1 unspecified atom stereocenters. The quantitative estimate of drug-likeness (QED) is 0.631. The molecule has 0 fully saturated rings.